The Balaban J connectivity index is 2.44. The van der Waals surface area contributed by atoms with Gasteiger partial charge in [-0.2, -0.15) is 0 Å². The molecule has 60 valence electrons. The van der Waals surface area contributed by atoms with E-state index in [0.717, 1.165) is 5.71 Å². The van der Waals surface area contributed by atoms with E-state index >= 15 is 0 Å². The van der Waals surface area contributed by atoms with Crippen LogP contribution in [0.3, 0.4) is 0 Å². The molecule has 1 unspecified atom stereocenters. The van der Waals surface area contributed by atoms with Gasteiger partial charge in [-0.15, -0.1) is 0 Å². The number of halogens is 1. The molecule has 0 saturated carbocycles. The molecule has 0 aromatic carbocycles. The largest absolute Gasteiger partial charge is 0.271 e. The van der Waals surface area contributed by atoms with Gasteiger partial charge in [-0.3, -0.25) is 4.79 Å². The molecule has 0 fully saturated rings. The second-order valence-corrected chi connectivity index (χ2v) is 3.06. The lowest BCUT2D eigenvalue weighted by molar-refractivity contribution is -0.113. The van der Waals surface area contributed by atoms with Gasteiger partial charge in [0.25, 0.3) is 5.91 Å². The monoisotopic (exact) mass is 179 g/mol. The summed E-state index contributed by atoms with van der Waals surface area (Å²) in [7, 11) is 0. The third-order valence-corrected chi connectivity index (χ3v) is 2.14. The number of hydrogen-bond donors (Lipinski definition) is 0. The number of carbonyl (C=O) groups is 1. The fourth-order valence-electron chi connectivity index (χ4n) is 1.24. The van der Waals surface area contributed by atoms with Crippen LogP contribution in [0.4, 0.5) is 0 Å². The Morgan fingerprint density at radius 3 is 3.08 bits per heavy atom. The van der Waals surface area contributed by atoms with Crippen molar-refractivity contribution in [1.82, 2.24) is 0 Å². The summed E-state index contributed by atoms with van der Waals surface area (Å²) in [4.78, 5) is 14.8. The average molecular weight is 180 g/mol. The lowest BCUT2D eigenvalue weighted by Gasteiger charge is -2.17. The van der Waals surface area contributed by atoms with Gasteiger partial charge in [0, 0.05) is 11.1 Å². The normalized spacial score (nSPS) is 26.4. The molecule has 0 radical (unpaired) electrons. The van der Waals surface area contributed by atoms with Crippen molar-refractivity contribution in [1.29, 1.82) is 0 Å². The smallest absolute Gasteiger partial charge is 0.267 e. The Morgan fingerprint density at radius 2 is 2.25 bits per heavy atom. The van der Waals surface area contributed by atoms with Crippen molar-refractivity contribution >= 4 is 23.2 Å². The topological polar surface area (TPSA) is 29.4 Å². The van der Waals surface area contributed by atoms with Crippen LogP contribution in [0.2, 0.25) is 0 Å². The van der Waals surface area contributed by atoms with Gasteiger partial charge in [-0.05, 0) is 6.08 Å². The Hall–Kier alpha value is -1.15. The number of hydrogen-bond acceptors (Lipinski definition) is 1. The first-order valence-corrected chi connectivity index (χ1v) is 3.99. The molecule has 0 aromatic rings. The average Bonchev–Trinajstić information content (AvgIpc) is 2.04. The summed E-state index contributed by atoms with van der Waals surface area (Å²) in [5.41, 5.74) is 0.731. The Bertz CT molecular complexity index is 350. The molecule has 0 spiro atoms. The van der Waals surface area contributed by atoms with Crippen molar-refractivity contribution in [2.45, 2.75) is 0 Å². The van der Waals surface area contributed by atoms with Gasteiger partial charge in [0.15, 0.2) is 0 Å². The molecule has 2 nitrogen and oxygen atoms in total. The minimum absolute atomic E-state index is 0.00522. The van der Waals surface area contributed by atoms with E-state index in [-0.39, 0.29) is 11.8 Å². The molecule has 1 atom stereocenters. The van der Waals surface area contributed by atoms with Gasteiger partial charge in [0.2, 0.25) is 0 Å². The van der Waals surface area contributed by atoms with Crippen molar-refractivity contribution in [3.63, 3.8) is 0 Å². The zero-order valence-corrected chi connectivity index (χ0v) is 6.95. The van der Waals surface area contributed by atoms with Gasteiger partial charge in [-0.1, -0.05) is 29.8 Å². The van der Waals surface area contributed by atoms with E-state index in [2.05, 4.69) is 4.99 Å². The molecule has 1 amide bonds. The zero-order chi connectivity index (χ0) is 8.55. The van der Waals surface area contributed by atoms with E-state index in [1.165, 1.54) is 6.08 Å². The number of carbonyl (C=O) groups excluding carboxylic acids is 1. The second-order valence-electron chi connectivity index (χ2n) is 2.63. The summed E-state index contributed by atoms with van der Waals surface area (Å²) < 4.78 is 0. The number of fused-ring (bicyclic) bond motifs is 1. The Labute approximate surface area is 74.9 Å². The molecule has 0 aromatic heterocycles. The van der Waals surface area contributed by atoms with Crippen LogP contribution in [0.1, 0.15) is 0 Å². The zero-order valence-electron chi connectivity index (χ0n) is 6.20. The SMILES string of the molecule is O=C1C=C(Cl)C2C=CC=CC2=N1. The summed E-state index contributed by atoms with van der Waals surface area (Å²) >= 11 is 5.86. The van der Waals surface area contributed by atoms with E-state index in [1.807, 2.05) is 18.2 Å². The molecular formula is C9H6ClNO. The molecule has 1 aliphatic carbocycles. The van der Waals surface area contributed by atoms with Crippen LogP contribution in [0.15, 0.2) is 40.4 Å². The minimum atomic E-state index is -0.272. The highest BCUT2D eigenvalue weighted by Gasteiger charge is 2.21. The third kappa shape index (κ3) is 1.14. The molecule has 12 heavy (non-hydrogen) atoms. The van der Waals surface area contributed by atoms with Crippen LogP contribution in [0.25, 0.3) is 0 Å². The summed E-state index contributed by atoms with van der Waals surface area (Å²) in [6, 6.07) is 0. The van der Waals surface area contributed by atoms with Crippen molar-refractivity contribution in [2.24, 2.45) is 10.9 Å². The number of aliphatic imine (C=N–C) groups is 1. The summed E-state index contributed by atoms with van der Waals surface area (Å²) in [6.45, 7) is 0. The standard InChI is InChI=1S/C9H6ClNO/c10-7-5-9(12)11-8-4-2-1-3-6(7)8/h1-6H. The van der Waals surface area contributed by atoms with Crippen molar-refractivity contribution < 1.29 is 4.79 Å². The molecule has 0 saturated heterocycles. The van der Waals surface area contributed by atoms with Crippen LogP contribution >= 0.6 is 11.6 Å². The first-order chi connectivity index (χ1) is 5.77. The molecule has 1 aliphatic heterocycles. The van der Waals surface area contributed by atoms with Crippen LogP contribution in [-0.4, -0.2) is 11.6 Å². The van der Waals surface area contributed by atoms with Gasteiger partial charge < -0.3 is 0 Å². The molecule has 3 heteroatoms. The fourth-order valence-corrected chi connectivity index (χ4v) is 1.52. The fraction of sp³-hybridized carbons (Fsp3) is 0.111. The molecule has 0 N–H and O–H groups in total. The van der Waals surface area contributed by atoms with E-state index in [1.54, 1.807) is 6.08 Å². The van der Waals surface area contributed by atoms with E-state index in [9.17, 15) is 4.79 Å². The first kappa shape index (κ1) is 7.50. The second kappa shape index (κ2) is 2.72. The Kier molecular flexibility index (Phi) is 1.70. The van der Waals surface area contributed by atoms with Gasteiger partial charge in [0.1, 0.15) is 0 Å². The summed E-state index contributed by atoms with van der Waals surface area (Å²) in [6.07, 6.45) is 8.83. The van der Waals surface area contributed by atoms with Crippen LogP contribution in [0.5, 0.6) is 0 Å². The number of amides is 1. The van der Waals surface area contributed by atoms with Gasteiger partial charge >= 0.3 is 0 Å². The maximum Gasteiger partial charge on any atom is 0.271 e. The van der Waals surface area contributed by atoms with Crippen molar-refractivity contribution in [3.8, 4) is 0 Å². The first-order valence-electron chi connectivity index (χ1n) is 3.62. The van der Waals surface area contributed by atoms with Crippen LogP contribution < -0.4 is 0 Å². The number of allylic oxidation sites excluding steroid dienone is 5. The maximum atomic E-state index is 10.9. The highest BCUT2D eigenvalue weighted by Crippen LogP contribution is 2.25. The quantitative estimate of drug-likeness (QED) is 0.558. The lowest BCUT2D eigenvalue weighted by atomic mass is 9.96. The van der Waals surface area contributed by atoms with E-state index < -0.39 is 0 Å². The highest BCUT2D eigenvalue weighted by atomic mass is 35.5. The third-order valence-electron chi connectivity index (χ3n) is 1.80. The molecule has 2 aliphatic rings. The number of rotatable bonds is 0. The number of nitrogens with zero attached hydrogens (tertiary/aromatic N) is 1. The summed E-state index contributed by atoms with van der Waals surface area (Å²) in [5, 5.41) is 0.547. The summed E-state index contributed by atoms with van der Waals surface area (Å²) in [5.74, 6) is -0.277. The highest BCUT2D eigenvalue weighted by molar-refractivity contribution is 6.35. The van der Waals surface area contributed by atoms with E-state index in [0.29, 0.717) is 5.03 Å². The van der Waals surface area contributed by atoms with Gasteiger partial charge in [-0.25, -0.2) is 4.99 Å². The minimum Gasteiger partial charge on any atom is -0.267 e. The molecular weight excluding hydrogens is 174 g/mol. The lowest BCUT2D eigenvalue weighted by Crippen LogP contribution is -2.18. The molecule has 0 bridgehead atoms. The van der Waals surface area contributed by atoms with E-state index in [4.69, 9.17) is 11.6 Å². The van der Waals surface area contributed by atoms with Crippen LogP contribution in [-0.2, 0) is 4.79 Å². The van der Waals surface area contributed by atoms with Crippen molar-refractivity contribution in [2.75, 3.05) is 0 Å². The maximum absolute atomic E-state index is 10.9. The Morgan fingerprint density at radius 1 is 1.42 bits per heavy atom. The van der Waals surface area contributed by atoms with Crippen molar-refractivity contribution in [3.05, 3.63) is 35.4 Å². The predicted octanol–water partition coefficient (Wildman–Crippen LogP) is 1.83. The predicted molar refractivity (Wildman–Crippen MR) is 48.1 cm³/mol. The molecule has 2 rings (SSSR count). The molecule has 1 heterocycles. The van der Waals surface area contributed by atoms with Crippen LogP contribution in [0, 0.1) is 5.92 Å². The van der Waals surface area contributed by atoms with Gasteiger partial charge in [0.05, 0.1) is 11.6 Å². The number of dihydropyridines is 1.